The molecule has 0 aliphatic carbocycles. The van der Waals surface area contributed by atoms with Gasteiger partial charge in [0.15, 0.2) is 0 Å². The predicted octanol–water partition coefficient (Wildman–Crippen LogP) is 0.982. The van der Waals surface area contributed by atoms with Crippen LogP contribution in [0.4, 0.5) is 0 Å². The molecular weight excluding hydrogens is 244 g/mol. The van der Waals surface area contributed by atoms with Crippen LogP contribution in [0.3, 0.4) is 0 Å². The van der Waals surface area contributed by atoms with E-state index in [9.17, 15) is 4.79 Å². The number of methoxy groups -OCH3 is 1. The molecule has 1 saturated heterocycles. The Morgan fingerprint density at radius 3 is 2.05 bits per heavy atom. The van der Waals surface area contributed by atoms with Gasteiger partial charge in [-0.05, 0) is 20.8 Å². The molecule has 0 unspecified atom stereocenters. The first-order chi connectivity index (χ1) is 8.90. The lowest BCUT2D eigenvalue weighted by atomic mass is 10.2. The molecule has 19 heavy (non-hydrogen) atoms. The maximum absolute atomic E-state index is 11.1. The molecule has 0 amide bonds. The fraction of sp³-hybridized carbons (Fsp3) is 0.929. The first-order valence-corrected chi connectivity index (χ1v) is 7.06. The monoisotopic (exact) mass is 272 g/mol. The number of carbonyl (C=O) groups is 1. The summed E-state index contributed by atoms with van der Waals surface area (Å²) in [6.45, 7) is 13.0. The number of nitrogens with zero attached hydrogens (tertiary/aromatic N) is 2. The molecule has 0 radical (unpaired) electrons. The van der Waals surface area contributed by atoms with Crippen LogP contribution in [-0.4, -0.2) is 74.4 Å². The molecular formula is C14H28N2O3. The van der Waals surface area contributed by atoms with Gasteiger partial charge in [0.2, 0.25) is 0 Å². The molecule has 0 atom stereocenters. The average Bonchev–Trinajstić information content (AvgIpc) is 2.36. The zero-order chi connectivity index (χ0) is 14.3. The Kier molecular flexibility index (Phi) is 6.75. The summed E-state index contributed by atoms with van der Waals surface area (Å²) in [6, 6.07) is 0. The summed E-state index contributed by atoms with van der Waals surface area (Å²) in [5.74, 6) is -0.124. The maximum atomic E-state index is 11.1. The van der Waals surface area contributed by atoms with Crippen molar-refractivity contribution in [1.29, 1.82) is 0 Å². The second kappa shape index (κ2) is 7.82. The smallest absolute Gasteiger partial charge is 0.306 e. The van der Waals surface area contributed by atoms with E-state index >= 15 is 0 Å². The van der Waals surface area contributed by atoms with Crippen molar-refractivity contribution < 1.29 is 14.3 Å². The quantitative estimate of drug-likeness (QED) is 0.674. The third kappa shape index (κ3) is 7.50. The highest BCUT2D eigenvalue weighted by molar-refractivity contribution is 5.69. The molecule has 0 spiro atoms. The number of hydrogen-bond acceptors (Lipinski definition) is 5. The van der Waals surface area contributed by atoms with Crippen molar-refractivity contribution in [2.75, 3.05) is 53.0 Å². The molecule has 1 fully saturated rings. The van der Waals surface area contributed by atoms with Crippen LogP contribution in [0, 0.1) is 0 Å². The van der Waals surface area contributed by atoms with E-state index in [2.05, 4.69) is 35.3 Å². The molecule has 1 rings (SSSR count). The lowest BCUT2D eigenvalue weighted by Crippen LogP contribution is -2.48. The Bertz CT molecular complexity index is 268. The van der Waals surface area contributed by atoms with Crippen molar-refractivity contribution in [2.24, 2.45) is 0 Å². The second-order valence-electron chi connectivity index (χ2n) is 5.97. The van der Waals surface area contributed by atoms with Gasteiger partial charge in [-0.25, -0.2) is 0 Å². The molecule has 0 N–H and O–H groups in total. The molecule has 1 aliphatic rings. The number of esters is 1. The highest BCUT2D eigenvalue weighted by Gasteiger charge is 2.18. The van der Waals surface area contributed by atoms with Crippen LogP contribution in [0.5, 0.6) is 0 Å². The molecule has 5 heteroatoms. The topological polar surface area (TPSA) is 42.0 Å². The SMILES string of the molecule is COC(=O)CCN1CCN(CCOC(C)(C)C)CC1. The zero-order valence-electron chi connectivity index (χ0n) is 12.8. The van der Waals surface area contributed by atoms with E-state index < -0.39 is 0 Å². The summed E-state index contributed by atoms with van der Waals surface area (Å²) in [7, 11) is 1.44. The van der Waals surface area contributed by atoms with Crippen molar-refractivity contribution in [2.45, 2.75) is 32.8 Å². The highest BCUT2D eigenvalue weighted by atomic mass is 16.5. The van der Waals surface area contributed by atoms with Gasteiger partial charge < -0.3 is 14.4 Å². The summed E-state index contributed by atoms with van der Waals surface area (Å²) >= 11 is 0. The van der Waals surface area contributed by atoms with Crippen LogP contribution in [0.2, 0.25) is 0 Å². The van der Waals surface area contributed by atoms with E-state index in [0.29, 0.717) is 6.42 Å². The van der Waals surface area contributed by atoms with Crippen molar-refractivity contribution in [1.82, 2.24) is 9.80 Å². The molecule has 0 saturated carbocycles. The van der Waals surface area contributed by atoms with E-state index in [4.69, 9.17) is 4.74 Å². The van der Waals surface area contributed by atoms with Gasteiger partial charge in [0.1, 0.15) is 0 Å². The Morgan fingerprint density at radius 2 is 1.58 bits per heavy atom. The lowest BCUT2D eigenvalue weighted by molar-refractivity contribution is -0.141. The van der Waals surface area contributed by atoms with E-state index in [-0.39, 0.29) is 11.6 Å². The summed E-state index contributed by atoms with van der Waals surface area (Å²) in [5, 5.41) is 0. The van der Waals surface area contributed by atoms with Gasteiger partial charge in [0, 0.05) is 39.3 Å². The van der Waals surface area contributed by atoms with Crippen molar-refractivity contribution in [3.05, 3.63) is 0 Å². The Hall–Kier alpha value is -0.650. The Labute approximate surface area is 116 Å². The Morgan fingerprint density at radius 1 is 1.05 bits per heavy atom. The van der Waals surface area contributed by atoms with Crippen LogP contribution in [0.25, 0.3) is 0 Å². The fourth-order valence-corrected chi connectivity index (χ4v) is 2.07. The molecule has 1 heterocycles. The minimum Gasteiger partial charge on any atom is -0.469 e. The number of ether oxygens (including phenoxy) is 2. The van der Waals surface area contributed by atoms with Crippen molar-refractivity contribution >= 4 is 5.97 Å². The van der Waals surface area contributed by atoms with E-state index in [1.54, 1.807) is 0 Å². The molecule has 0 aromatic rings. The summed E-state index contributed by atoms with van der Waals surface area (Å²) in [4.78, 5) is 15.8. The predicted molar refractivity (Wildman–Crippen MR) is 75.2 cm³/mol. The van der Waals surface area contributed by atoms with E-state index in [1.807, 2.05) is 0 Å². The van der Waals surface area contributed by atoms with Crippen LogP contribution in [-0.2, 0) is 14.3 Å². The normalized spacial score (nSPS) is 18.5. The number of hydrogen-bond donors (Lipinski definition) is 0. The number of carbonyl (C=O) groups excluding carboxylic acids is 1. The van der Waals surface area contributed by atoms with Gasteiger partial charge in [-0.15, -0.1) is 0 Å². The lowest BCUT2D eigenvalue weighted by Gasteiger charge is -2.34. The average molecular weight is 272 g/mol. The highest BCUT2D eigenvalue weighted by Crippen LogP contribution is 2.07. The number of rotatable bonds is 6. The summed E-state index contributed by atoms with van der Waals surface area (Å²) < 4.78 is 10.4. The van der Waals surface area contributed by atoms with Crippen molar-refractivity contribution in [3.63, 3.8) is 0 Å². The molecule has 5 nitrogen and oxygen atoms in total. The van der Waals surface area contributed by atoms with Crippen LogP contribution >= 0.6 is 0 Å². The molecule has 0 bridgehead atoms. The number of piperazine rings is 1. The fourth-order valence-electron chi connectivity index (χ4n) is 2.07. The first-order valence-electron chi connectivity index (χ1n) is 7.06. The van der Waals surface area contributed by atoms with Crippen LogP contribution in [0.1, 0.15) is 27.2 Å². The van der Waals surface area contributed by atoms with Gasteiger partial charge in [-0.1, -0.05) is 0 Å². The van der Waals surface area contributed by atoms with Gasteiger partial charge in [-0.3, -0.25) is 9.69 Å². The van der Waals surface area contributed by atoms with Crippen LogP contribution in [0.15, 0.2) is 0 Å². The maximum Gasteiger partial charge on any atom is 0.306 e. The van der Waals surface area contributed by atoms with E-state index in [1.165, 1.54) is 7.11 Å². The first kappa shape index (κ1) is 16.4. The zero-order valence-corrected chi connectivity index (χ0v) is 12.8. The van der Waals surface area contributed by atoms with Gasteiger partial charge >= 0.3 is 5.97 Å². The standard InChI is InChI=1S/C14H28N2O3/c1-14(2,3)19-12-11-16-9-7-15(8-10-16)6-5-13(17)18-4/h5-12H2,1-4H3. The van der Waals surface area contributed by atoms with Crippen molar-refractivity contribution in [3.8, 4) is 0 Å². The molecule has 112 valence electrons. The Balaban J connectivity index is 2.10. The largest absolute Gasteiger partial charge is 0.469 e. The van der Waals surface area contributed by atoms with Gasteiger partial charge in [0.25, 0.3) is 0 Å². The summed E-state index contributed by atoms with van der Waals surface area (Å²) in [5.41, 5.74) is -0.0532. The third-order valence-electron chi connectivity index (χ3n) is 3.27. The molecule has 0 aromatic heterocycles. The minimum atomic E-state index is -0.124. The molecule has 1 aliphatic heterocycles. The molecule has 0 aromatic carbocycles. The van der Waals surface area contributed by atoms with Gasteiger partial charge in [-0.2, -0.15) is 0 Å². The van der Waals surface area contributed by atoms with E-state index in [0.717, 1.165) is 45.9 Å². The second-order valence-corrected chi connectivity index (χ2v) is 5.97. The minimum absolute atomic E-state index is 0.0532. The van der Waals surface area contributed by atoms with Crippen LogP contribution < -0.4 is 0 Å². The van der Waals surface area contributed by atoms with Gasteiger partial charge in [0.05, 0.1) is 25.7 Å². The third-order valence-corrected chi connectivity index (χ3v) is 3.27. The summed E-state index contributed by atoms with van der Waals surface area (Å²) in [6.07, 6.45) is 0.490.